The predicted octanol–water partition coefficient (Wildman–Crippen LogP) is 4.48. The van der Waals surface area contributed by atoms with Gasteiger partial charge in [-0.25, -0.2) is 0 Å². The van der Waals surface area contributed by atoms with E-state index in [0.717, 1.165) is 22.5 Å². The molecule has 0 aliphatic heterocycles. The Labute approximate surface area is 145 Å². The van der Waals surface area contributed by atoms with Gasteiger partial charge < -0.3 is 11.1 Å². The molecule has 1 aliphatic carbocycles. The highest BCUT2D eigenvalue weighted by Gasteiger charge is 2.34. The van der Waals surface area contributed by atoms with Crippen molar-refractivity contribution in [2.24, 2.45) is 5.73 Å². The zero-order valence-electron chi connectivity index (χ0n) is 13.1. The Balaban J connectivity index is 1.49. The number of carbonyl (C=O) groups excluding carboxylic acids is 1. The predicted molar refractivity (Wildman–Crippen MR) is 99.5 cm³/mol. The zero-order valence-corrected chi connectivity index (χ0v) is 13.9. The summed E-state index contributed by atoms with van der Waals surface area (Å²) < 4.78 is 0. The van der Waals surface area contributed by atoms with Gasteiger partial charge in [0.05, 0.1) is 0 Å². The molecule has 0 saturated heterocycles. The van der Waals surface area contributed by atoms with Gasteiger partial charge >= 0.3 is 0 Å². The van der Waals surface area contributed by atoms with Crippen LogP contribution in [0.2, 0.25) is 0 Å². The number of nitrogens with one attached hydrogen (secondary N) is 1. The van der Waals surface area contributed by atoms with Crippen LogP contribution < -0.4 is 11.1 Å². The Morgan fingerprint density at radius 1 is 1.08 bits per heavy atom. The molecule has 1 amide bonds. The van der Waals surface area contributed by atoms with Crippen molar-refractivity contribution in [3.05, 3.63) is 77.2 Å². The van der Waals surface area contributed by atoms with Crippen LogP contribution in [0.25, 0.3) is 10.4 Å². The molecule has 1 saturated carbocycles. The van der Waals surface area contributed by atoms with Crippen molar-refractivity contribution in [3.63, 3.8) is 0 Å². The molecule has 1 aliphatic rings. The quantitative estimate of drug-likeness (QED) is 0.739. The molecule has 2 unspecified atom stereocenters. The second-order valence-corrected chi connectivity index (χ2v) is 7.09. The highest BCUT2D eigenvalue weighted by atomic mass is 32.1. The molecule has 0 bridgehead atoms. The monoisotopic (exact) mass is 334 g/mol. The third kappa shape index (κ3) is 3.11. The van der Waals surface area contributed by atoms with Gasteiger partial charge in [-0.3, -0.25) is 4.79 Å². The molecule has 0 spiro atoms. The maximum atomic E-state index is 12.5. The van der Waals surface area contributed by atoms with Crippen molar-refractivity contribution in [2.45, 2.75) is 18.4 Å². The molecule has 3 N–H and O–H groups in total. The minimum atomic E-state index is -0.0933. The topological polar surface area (TPSA) is 55.1 Å². The SMILES string of the molecule is NC1CC1c1ccc(NC(=O)c2cccc(-c3cccs3)c2)cc1. The number of thiophene rings is 1. The number of benzene rings is 2. The fraction of sp³-hybridized carbons (Fsp3) is 0.150. The highest BCUT2D eigenvalue weighted by Crippen LogP contribution is 2.39. The normalized spacial score (nSPS) is 19.0. The average molecular weight is 334 g/mol. The standard InChI is InChI=1S/C20H18N2OS/c21-18-12-17(18)13-6-8-16(9-7-13)22-20(23)15-4-1-3-14(11-15)19-5-2-10-24-19/h1-11,17-18H,12,21H2,(H,22,23). The average Bonchev–Trinajstić information content (AvgIpc) is 3.11. The van der Waals surface area contributed by atoms with Gasteiger partial charge in [0.25, 0.3) is 5.91 Å². The van der Waals surface area contributed by atoms with Gasteiger partial charge in [0, 0.05) is 28.1 Å². The van der Waals surface area contributed by atoms with E-state index in [1.807, 2.05) is 47.8 Å². The molecule has 1 aromatic heterocycles. The van der Waals surface area contributed by atoms with Crippen LogP contribution in [0, 0.1) is 0 Å². The summed E-state index contributed by atoms with van der Waals surface area (Å²) in [5, 5.41) is 5.00. The largest absolute Gasteiger partial charge is 0.327 e. The molecule has 120 valence electrons. The van der Waals surface area contributed by atoms with E-state index in [2.05, 4.69) is 23.5 Å². The van der Waals surface area contributed by atoms with Gasteiger partial charge in [0.15, 0.2) is 0 Å². The second-order valence-electron chi connectivity index (χ2n) is 6.14. The molecule has 3 aromatic rings. The summed E-state index contributed by atoms with van der Waals surface area (Å²) in [5.74, 6) is 0.390. The van der Waals surface area contributed by atoms with E-state index in [9.17, 15) is 4.79 Å². The van der Waals surface area contributed by atoms with Gasteiger partial charge in [-0.2, -0.15) is 0 Å². The second kappa shape index (κ2) is 6.23. The molecule has 1 fully saturated rings. The molecule has 1 heterocycles. The first kappa shape index (κ1) is 15.1. The summed E-state index contributed by atoms with van der Waals surface area (Å²) in [6, 6.07) is 20.1. The van der Waals surface area contributed by atoms with Crippen LogP contribution in [0.4, 0.5) is 5.69 Å². The molecule has 0 radical (unpaired) electrons. The summed E-state index contributed by atoms with van der Waals surface area (Å²) in [6.07, 6.45) is 1.06. The van der Waals surface area contributed by atoms with Crippen LogP contribution in [0.1, 0.15) is 28.3 Å². The molecular formula is C20H18N2OS. The van der Waals surface area contributed by atoms with E-state index < -0.39 is 0 Å². The molecule has 4 heteroatoms. The first-order valence-corrected chi connectivity index (χ1v) is 8.89. The van der Waals surface area contributed by atoms with Crippen LogP contribution in [0.5, 0.6) is 0 Å². The van der Waals surface area contributed by atoms with Gasteiger partial charge in [0.1, 0.15) is 0 Å². The first-order valence-electron chi connectivity index (χ1n) is 8.01. The summed E-state index contributed by atoms with van der Waals surface area (Å²) in [4.78, 5) is 13.7. The Kier molecular flexibility index (Phi) is 3.92. The van der Waals surface area contributed by atoms with E-state index in [4.69, 9.17) is 5.73 Å². The number of anilines is 1. The number of rotatable bonds is 4. The van der Waals surface area contributed by atoms with Gasteiger partial charge in [-0.05, 0) is 53.3 Å². The van der Waals surface area contributed by atoms with Crippen LogP contribution in [0.15, 0.2) is 66.0 Å². The van der Waals surface area contributed by atoms with Crippen LogP contribution in [0.3, 0.4) is 0 Å². The Morgan fingerprint density at radius 2 is 1.88 bits per heavy atom. The van der Waals surface area contributed by atoms with Crippen molar-refractivity contribution in [1.29, 1.82) is 0 Å². The molecule has 24 heavy (non-hydrogen) atoms. The number of carbonyl (C=O) groups is 1. The zero-order chi connectivity index (χ0) is 16.5. The highest BCUT2D eigenvalue weighted by molar-refractivity contribution is 7.13. The van der Waals surface area contributed by atoms with Crippen LogP contribution in [-0.2, 0) is 0 Å². The van der Waals surface area contributed by atoms with Gasteiger partial charge in [0.2, 0.25) is 0 Å². The summed E-state index contributed by atoms with van der Waals surface area (Å²) in [7, 11) is 0. The smallest absolute Gasteiger partial charge is 0.255 e. The van der Waals surface area contributed by atoms with Gasteiger partial charge in [-0.1, -0.05) is 30.3 Å². The molecule has 4 rings (SSSR count). The fourth-order valence-corrected chi connectivity index (χ4v) is 3.60. The lowest BCUT2D eigenvalue weighted by molar-refractivity contribution is 0.102. The number of nitrogens with two attached hydrogens (primary N) is 1. The number of amides is 1. The van der Waals surface area contributed by atoms with Gasteiger partial charge in [-0.15, -0.1) is 11.3 Å². The Hall–Kier alpha value is -2.43. The summed E-state index contributed by atoms with van der Waals surface area (Å²) in [5.41, 5.74) is 9.66. The third-order valence-corrected chi connectivity index (χ3v) is 5.29. The summed E-state index contributed by atoms with van der Waals surface area (Å²) >= 11 is 1.67. The molecule has 2 atom stereocenters. The lowest BCUT2D eigenvalue weighted by atomic mass is 10.1. The molecule has 2 aromatic carbocycles. The Morgan fingerprint density at radius 3 is 2.54 bits per heavy atom. The van der Waals surface area contributed by atoms with Crippen LogP contribution >= 0.6 is 11.3 Å². The van der Waals surface area contributed by atoms with Crippen molar-refractivity contribution in [1.82, 2.24) is 0 Å². The first-order chi connectivity index (χ1) is 11.7. The number of hydrogen-bond donors (Lipinski definition) is 2. The van der Waals surface area contributed by atoms with Crippen molar-refractivity contribution >= 4 is 22.9 Å². The molecule has 3 nitrogen and oxygen atoms in total. The van der Waals surface area contributed by atoms with E-state index in [1.165, 1.54) is 5.56 Å². The fourth-order valence-electron chi connectivity index (χ4n) is 2.87. The van der Waals surface area contributed by atoms with Crippen molar-refractivity contribution in [3.8, 4) is 10.4 Å². The van der Waals surface area contributed by atoms with E-state index in [1.54, 1.807) is 11.3 Å². The number of hydrogen-bond acceptors (Lipinski definition) is 3. The van der Waals surface area contributed by atoms with E-state index in [-0.39, 0.29) is 5.91 Å². The lowest BCUT2D eigenvalue weighted by Gasteiger charge is -2.07. The molecular weight excluding hydrogens is 316 g/mol. The third-order valence-electron chi connectivity index (χ3n) is 4.37. The van der Waals surface area contributed by atoms with Crippen LogP contribution in [-0.4, -0.2) is 11.9 Å². The maximum Gasteiger partial charge on any atom is 0.255 e. The lowest BCUT2D eigenvalue weighted by Crippen LogP contribution is -2.11. The summed E-state index contributed by atoms with van der Waals surface area (Å²) in [6.45, 7) is 0. The Bertz CT molecular complexity index is 856. The van der Waals surface area contributed by atoms with E-state index >= 15 is 0 Å². The van der Waals surface area contributed by atoms with E-state index in [0.29, 0.717) is 17.5 Å². The maximum absolute atomic E-state index is 12.5. The minimum absolute atomic E-state index is 0.0933. The van der Waals surface area contributed by atoms with Crippen molar-refractivity contribution in [2.75, 3.05) is 5.32 Å². The van der Waals surface area contributed by atoms with Crippen molar-refractivity contribution < 1.29 is 4.79 Å². The minimum Gasteiger partial charge on any atom is -0.327 e.